The van der Waals surface area contributed by atoms with Crippen LogP contribution in [0.1, 0.15) is 39.7 Å². The first-order chi connectivity index (χ1) is 12.7. The number of aryl methyl sites for hydroxylation is 1. The first-order valence-corrected chi connectivity index (χ1v) is 8.90. The molecular weight excluding hydrogens is 328 g/mol. The van der Waals surface area contributed by atoms with Gasteiger partial charge in [-0.25, -0.2) is 9.78 Å². The highest BCUT2D eigenvalue weighted by molar-refractivity contribution is 6.00. The quantitative estimate of drug-likeness (QED) is 0.668. The van der Waals surface area contributed by atoms with Crippen LogP contribution in [0.15, 0.2) is 46.9 Å². The zero-order chi connectivity index (χ0) is 18.1. The first-order valence-electron chi connectivity index (χ1n) is 8.90. The number of para-hydroxylation sites is 1. The molecule has 2 aromatic carbocycles. The molecule has 1 atom stereocenters. The zero-order valence-electron chi connectivity index (χ0n) is 15.1. The fourth-order valence-corrected chi connectivity index (χ4v) is 3.62. The molecule has 0 spiro atoms. The van der Waals surface area contributed by atoms with Crippen molar-refractivity contribution in [2.45, 2.75) is 25.8 Å². The molecule has 1 aromatic heterocycles. The van der Waals surface area contributed by atoms with Crippen LogP contribution in [-0.4, -0.2) is 36.1 Å². The number of fused-ring (bicyclic) bond motifs is 1. The second kappa shape index (κ2) is 6.92. The molecule has 0 bridgehead atoms. The SMILES string of the molecule is COC(=O)c1cccc2nc(C3CCN(Cc4ccccc4C)C3)oc12. The van der Waals surface area contributed by atoms with Crippen molar-refractivity contribution in [3.8, 4) is 0 Å². The molecule has 0 amide bonds. The minimum atomic E-state index is -0.397. The Kier molecular flexibility index (Phi) is 4.47. The maximum Gasteiger partial charge on any atom is 0.341 e. The molecule has 0 radical (unpaired) electrons. The monoisotopic (exact) mass is 350 g/mol. The molecule has 0 aliphatic carbocycles. The van der Waals surface area contributed by atoms with E-state index in [9.17, 15) is 4.79 Å². The molecule has 5 nitrogen and oxygen atoms in total. The van der Waals surface area contributed by atoms with Gasteiger partial charge in [-0.05, 0) is 43.1 Å². The number of hydrogen-bond acceptors (Lipinski definition) is 5. The Bertz CT molecular complexity index is 947. The summed E-state index contributed by atoms with van der Waals surface area (Å²) in [5.41, 5.74) is 4.34. The van der Waals surface area contributed by atoms with Crippen molar-refractivity contribution < 1.29 is 13.9 Å². The van der Waals surface area contributed by atoms with Crippen molar-refractivity contribution in [2.24, 2.45) is 0 Å². The number of benzene rings is 2. The third-order valence-corrected chi connectivity index (χ3v) is 5.11. The molecule has 4 rings (SSSR count). The predicted octanol–water partition coefficient (Wildman–Crippen LogP) is 3.91. The summed E-state index contributed by atoms with van der Waals surface area (Å²) in [4.78, 5) is 19.0. The number of ether oxygens (including phenoxy) is 1. The average Bonchev–Trinajstić information content (AvgIpc) is 3.29. The highest BCUT2D eigenvalue weighted by Gasteiger charge is 2.29. The summed E-state index contributed by atoms with van der Waals surface area (Å²) in [7, 11) is 1.37. The Labute approximate surface area is 152 Å². The number of oxazole rings is 1. The van der Waals surface area contributed by atoms with Crippen LogP contribution in [0, 0.1) is 6.92 Å². The molecule has 5 heteroatoms. The lowest BCUT2D eigenvalue weighted by Crippen LogP contribution is -2.20. The predicted molar refractivity (Wildman–Crippen MR) is 99.2 cm³/mol. The normalized spacial score (nSPS) is 17.7. The van der Waals surface area contributed by atoms with Crippen LogP contribution >= 0.6 is 0 Å². The maximum absolute atomic E-state index is 11.9. The van der Waals surface area contributed by atoms with Gasteiger partial charge in [-0.3, -0.25) is 4.90 Å². The van der Waals surface area contributed by atoms with Gasteiger partial charge < -0.3 is 9.15 Å². The first kappa shape index (κ1) is 16.8. The maximum atomic E-state index is 11.9. The number of rotatable bonds is 4. The number of likely N-dealkylation sites (tertiary alicyclic amines) is 1. The third kappa shape index (κ3) is 3.10. The lowest BCUT2D eigenvalue weighted by Gasteiger charge is -2.16. The van der Waals surface area contributed by atoms with Crippen LogP contribution in [0.3, 0.4) is 0 Å². The standard InChI is InChI=1S/C21H22N2O3/c1-14-6-3-4-7-15(14)12-23-11-10-16(13-23)20-22-18-9-5-8-17(19(18)26-20)21(24)25-2/h3-9,16H,10-13H2,1-2H3. The van der Waals surface area contributed by atoms with Crippen molar-refractivity contribution in [1.82, 2.24) is 9.88 Å². The molecule has 1 saturated heterocycles. The summed E-state index contributed by atoms with van der Waals surface area (Å²) < 4.78 is 10.8. The minimum Gasteiger partial charge on any atom is -0.465 e. The largest absolute Gasteiger partial charge is 0.465 e. The summed E-state index contributed by atoms with van der Waals surface area (Å²) in [5, 5.41) is 0. The van der Waals surface area contributed by atoms with E-state index in [-0.39, 0.29) is 5.92 Å². The number of methoxy groups -OCH3 is 1. The van der Waals surface area contributed by atoms with E-state index in [0.29, 0.717) is 22.6 Å². The Hall–Kier alpha value is -2.66. The highest BCUT2D eigenvalue weighted by Crippen LogP contribution is 2.31. The Morgan fingerprint density at radius 3 is 2.92 bits per heavy atom. The van der Waals surface area contributed by atoms with E-state index in [1.807, 2.05) is 6.07 Å². The molecular formula is C21H22N2O3. The lowest BCUT2D eigenvalue weighted by molar-refractivity contribution is 0.0601. The van der Waals surface area contributed by atoms with E-state index in [0.717, 1.165) is 26.1 Å². The Morgan fingerprint density at radius 1 is 1.27 bits per heavy atom. The summed E-state index contributed by atoms with van der Waals surface area (Å²) in [5.74, 6) is 0.562. The molecule has 1 aliphatic rings. The zero-order valence-corrected chi connectivity index (χ0v) is 15.1. The smallest absolute Gasteiger partial charge is 0.341 e. The topological polar surface area (TPSA) is 55.6 Å². The summed E-state index contributed by atoms with van der Waals surface area (Å²) in [6, 6.07) is 13.9. The van der Waals surface area contributed by atoms with E-state index in [4.69, 9.17) is 9.15 Å². The molecule has 2 heterocycles. The van der Waals surface area contributed by atoms with Gasteiger partial charge in [0.15, 0.2) is 11.5 Å². The molecule has 1 unspecified atom stereocenters. The fourth-order valence-electron chi connectivity index (χ4n) is 3.62. The number of nitrogens with zero attached hydrogens (tertiary/aromatic N) is 2. The van der Waals surface area contributed by atoms with Gasteiger partial charge in [-0.15, -0.1) is 0 Å². The van der Waals surface area contributed by atoms with Crippen LogP contribution in [0.5, 0.6) is 0 Å². The average molecular weight is 350 g/mol. The van der Waals surface area contributed by atoms with Crippen molar-refractivity contribution in [2.75, 3.05) is 20.2 Å². The van der Waals surface area contributed by atoms with E-state index in [1.165, 1.54) is 18.2 Å². The van der Waals surface area contributed by atoms with E-state index in [1.54, 1.807) is 12.1 Å². The summed E-state index contributed by atoms with van der Waals surface area (Å²) in [6.45, 7) is 5.02. The number of hydrogen-bond donors (Lipinski definition) is 0. The van der Waals surface area contributed by atoms with Crippen LogP contribution in [0.4, 0.5) is 0 Å². The highest BCUT2D eigenvalue weighted by atomic mass is 16.5. The van der Waals surface area contributed by atoms with Gasteiger partial charge >= 0.3 is 5.97 Å². The molecule has 1 aliphatic heterocycles. The Balaban J connectivity index is 1.54. The van der Waals surface area contributed by atoms with Gasteiger partial charge in [-0.2, -0.15) is 0 Å². The molecule has 26 heavy (non-hydrogen) atoms. The van der Waals surface area contributed by atoms with Gasteiger partial charge in [0.1, 0.15) is 11.1 Å². The second-order valence-corrected chi connectivity index (χ2v) is 6.84. The molecule has 1 fully saturated rings. The van der Waals surface area contributed by atoms with E-state index in [2.05, 4.69) is 41.1 Å². The Morgan fingerprint density at radius 2 is 2.12 bits per heavy atom. The molecule has 0 saturated carbocycles. The molecule has 0 N–H and O–H groups in total. The second-order valence-electron chi connectivity index (χ2n) is 6.84. The molecule has 3 aromatic rings. The minimum absolute atomic E-state index is 0.247. The fraction of sp³-hybridized carbons (Fsp3) is 0.333. The van der Waals surface area contributed by atoms with Gasteiger partial charge in [-0.1, -0.05) is 30.3 Å². The van der Waals surface area contributed by atoms with Gasteiger partial charge in [0.2, 0.25) is 0 Å². The van der Waals surface area contributed by atoms with Crippen LogP contribution in [0.25, 0.3) is 11.1 Å². The van der Waals surface area contributed by atoms with E-state index >= 15 is 0 Å². The summed E-state index contributed by atoms with van der Waals surface area (Å²) >= 11 is 0. The van der Waals surface area contributed by atoms with Gasteiger partial charge in [0.05, 0.1) is 7.11 Å². The van der Waals surface area contributed by atoms with Crippen molar-refractivity contribution in [3.63, 3.8) is 0 Å². The van der Waals surface area contributed by atoms with Crippen molar-refractivity contribution in [1.29, 1.82) is 0 Å². The van der Waals surface area contributed by atoms with E-state index < -0.39 is 5.97 Å². The molecule has 134 valence electrons. The van der Waals surface area contributed by atoms with Crippen molar-refractivity contribution in [3.05, 3.63) is 65.0 Å². The number of carbonyl (C=O) groups is 1. The van der Waals surface area contributed by atoms with Crippen LogP contribution < -0.4 is 0 Å². The van der Waals surface area contributed by atoms with Crippen LogP contribution in [-0.2, 0) is 11.3 Å². The number of esters is 1. The summed E-state index contributed by atoms with van der Waals surface area (Å²) in [6.07, 6.45) is 1.01. The number of carbonyl (C=O) groups excluding carboxylic acids is 1. The van der Waals surface area contributed by atoms with Gasteiger partial charge in [0.25, 0.3) is 0 Å². The van der Waals surface area contributed by atoms with Crippen molar-refractivity contribution >= 4 is 17.1 Å². The lowest BCUT2D eigenvalue weighted by atomic mass is 10.1. The van der Waals surface area contributed by atoms with Crippen LogP contribution in [0.2, 0.25) is 0 Å². The number of aromatic nitrogens is 1. The third-order valence-electron chi connectivity index (χ3n) is 5.11. The van der Waals surface area contributed by atoms with Gasteiger partial charge in [0, 0.05) is 19.0 Å².